The lowest BCUT2D eigenvalue weighted by molar-refractivity contribution is -0.0707. The Balaban J connectivity index is 2.45. The van der Waals surface area contributed by atoms with Crippen molar-refractivity contribution in [3.8, 4) is 0 Å². The van der Waals surface area contributed by atoms with E-state index in [0.29, 0.717) is 12.2 Å². The molecule has 1 aliphatic rings. The molecule has 0 aromatic heterocycles. The normalized spacial score (nSPS) is 37.2. The first-order valence-corrected chi connectivity index (χ1v) is 5.29. The number of hydrogen-bond acceptors (Lipinski definition) is 1. The predicted octanol–water partition coefficient (Wildman–Crippen LogP) is 3.24. The molecule has 0 spiro atoms. The first-order chi connectivity index (χ1) is 5.63. The van der Waals surface area contributed by atoms with Crippen LogP contribution in [-0.2, 0) is 4.74 Å². The van der Waals surface area contributed by atoms with Gasteiger partial charge in [-0.2, -0.15) is 0 Å². The molecule has 1 fully saturated rings. The molecule has 0 bridgehead atoms. The summed E-state index contributed by atoms with van der Waals surface area (Å²) < 4.78 is 5.82. The molecule has 0 aromatic rings. The Morgan fingerprint density at radius 1 is 1.33 bits per heavy atom. The smallest absolute Gasteiger partial charge is 0.0578 e. The van der Waals surface area contributed by atoms with E-state index in [2.05, 4.69) is 27.7 Å². The first kappa shape index (κ1) is 10.0. The second-order valence-corrected chi connectivity index (χ2v) is 4.45. The third-order valence-corrected chi connectivity index (χ3v) is 3.02. The van der Waals surface area contributed by atoms with Gasteiger partial charge in [0, 0.05) is 0 Å². The highest BCUT2D eigenvalue weighted by molar-refractivity contribution is 4.76. The summed E-state index contributed by atoms with van der Waals surface area (Å²) in [5, 5.41) is 0. The summed E-state index contributed by atoms with van der Waals surface area (Å²) in [7, 11) is 0. The Morgan fingerprint density at radius 2 is 2.00 bits per heavy atom. The Labute approximate surface area is 76.5 Å². The van der Waals surface area contributed by atoms with Crippen molar-refractivity contribution in [1.82, 2.24) is 0 Å². The van der Waals surface area contributed by atoms with E-state index in [9.17, 15) is 0 Å². The standard InChI is InChI=1S/C11H22O/c1-5-11-7-10(8(2)3)6-9(4)12-11/h8-11H,5-7H2,1-4H3. The van der Waals surface area contributed by atoms with Crippen LogP contribution in [0.15, 0.2) is 0 Å². The van der Waals surface area contributed by atoms with E-state index in [1.165, 1.54) is 19.3 Å². The quantitative estimate of drug-likeness (QED) is 0.618. The van der Waals surface area contributed by atoms with Gasteiger partial charge in [0.1, 0.15) is 0 Å². The van der Waals surface area contributed by atoms with E-state index in [4.69, 9.17) is 4.74 Å². The average Bonchev–Trinajstić information content (AvgIpc) is 2.03. The molecule has 3 atom stereocenters. The van der Waals surface area contributed by atoms with Crippen LogP contribution in [0.1, 0.15) is 47.0 Å². The number of rotatable bonds is 2. The lowest BCUT2D eigenvalue weighted by Crippen LogP contribution is -2.32. The summed E-state index contributed by atoms with van der Waals surface area (Å²) in [5.74, 6) is 1.71. The fraction of sp³-hybridized carbons (Fsp3) is 1.00. The highest BCUT2D eigenvalue weighted by Gasteiger charge is 2.27. The summed E-state index contributed by atoms with van der Waals surface area (Å²) in [6.45, 7) is 9.09. The fourth-order valence-electron chi connectivity index (χ4n) is 2.11. The molecule has 1 heteroatoms. The summed E-state index contributed by atoms with van der Waals surface area (Å²) >= 11 is 0. The van der Waals surface area contributed by atoms with Crippen LogP contribution in [-0.4, -0.2) is 12.2 Å². The van der Waals surface area contributed by atoms with Crippen LogP contribution in [0, 0.1) is 11.8 Å². The van der Waals surface area contributed by atoms with Gasteiger partial charge < -0.3 is 4.74 Å². The molecule has 0 amide bonds. The SMILES string of the molecule is CCC1CC(C(C)C)CC(C)O1. The van der Waals surface area contributed by atoms with E-state index >= 15 is 0 Å². The summed E-state index contributed by atoms with van der Waals surface area (Å²) in [4.78, 5) is 0. The molecule has 0 saturated carbocycles. The summed E-state index contributed by atoms with van der Waals surface area (Å²) in [6, 6.07) is 0. The lowest BCUT2D eigenvalue weighted by Gasteiger charge is -2.35. The molecule has 1 saturated heterocycles. The Hall–Kier alpha value is -0.0400. The molecular formula is C11H22O. The summed E-state index contributed by atoms with van der Waals surface area (Å²) in [6.07, 6.45) is 4.72. The van der Waals surface area contributed by atoms with Crippen LogP contribution in [0.2, 0.25) is 0 Å². The van der Waals surface area contributed by atoms with Crippen molar-refractivity contribution < 1.29 is 4.74 Å². The van der Waals surface area contributed by atoms with E-state index in [0.717, 1.165) is 11.8 Å². The van der Waals surface area contributed by atoms with Gasteiger partial charge in [0.05, 0.1) is 12.2 Å². The van der Waals surface area contributed by atoms with Crippen molar-refractivity contribution in [2.45, 2.75) is 59.2 Å². The monoisotopic (exact) mass is 170 g/mol. The maximum absolute atomic E-state index is 5.82. The van der Waals surface area contributed by atoms with Gasteiger partial charge >= 0.3 is 0 Å². The number of ether oxygens (including phenoxy) is 1. The highest BCUT2D eigenvalue weighted by atomic mass is 16.5. The molecule has 0 N–H and O–H groups in total. The van der Waals surface area contributed by atoms with Crippen molar-refractivity contribution in [2.24, 2.45) is 11.8 Å². The van der Waals surface area contributed by atoms with Gasteiger partial charge in [-0.15, -0.1) is 0 Å². The molecular weight excluding hydrogens is 148 g/mol. The van der Waals surface area contributed by atoms with Crippen molar-refractivity contribution in [3.05, 3.63) is 0 Å². The molecule has 1 aliphatic heterocycles. The minimum Gasteiger partial charge on any atom is -0.375 e. The third-order valence-electron chi connectivity index (χ3n) is 3.02. The van der Waals surface area contributed by atoms with Crippen molar-refractivity contribution >= 4 is 0 Å². The molecule has 0 radical (unpaired) electrons. The van der Waals surface area contributed by atoms with Crippen LogP contribution in [0.3, 0.4) is 0 Å². The third kappa shape index (κ3) is 2.48. The lowest BCUT2D eigenvalue weighted by atomic mass is 9.83. The maximum Gasteiger partial charge on any atom is 0.0578 e. The fourth-order valence-corrected chi connectivity index (χ4v) is 2.11. The van der Waals surface area contributed by atoms with E-state index < -0.39 is 0 Å². The minimum atomic E-state index is 0.482. The van der Waals surface area contributed by atoms with Gasteiger partial charge in [-0.3, -0.25) is 0 Å². The zero-order valence-corrected chi connectivity index (χ0v) is 8.84. The largest absolute Gasteiger partial charge is 0.375 e. The Bertz CT molecular complexity index is 131. The molecule has 1 nitrogen and oxygen atoms in total. The Morgan fingerprint density at radius 3 is 2.50 bits per heavy atom. The zero-order valence-electron chi connectivity index (χ0n) is 8.84. The molecule has 1 heterocycles. The van der Waals surface area contributed by atoms with Gasteiger partial charge in [0.25, 0.3) is 0 Å². The minimum absolute atomic E-state index is 0.482. The Kier molecular flexibility index (Phi) is 3.57. The van der Waals surface area contributed by atoms with Gasteiger partial charge in [0.15, 0.2) is 0 Å². The van der Waals surface area contributed by atoms with Crippen LogP contribution in [0.5, 0.6) is 0 Å². The van der Waals surface area contributed by atoms with Crippen molar-refractivity contribution in [2.75, 3.05) is 0 Å². The van der Waals surface area contributed by atoms with Gasteiger partial charge in [-0.05, 0) is 38.0 Å². The second-order valence-electron chi connectivity index (χ2n) is 4.45. The highest BCUT2D eigenvalue weighted by Crippen LogP contribution is 2.31. The topological polar surface area (TPSA) is 9.23 Å². The van der Waals surface area contributed by atoms with Crippen molar-refractivity contribution in [3.63, 3.8) is 0 Å². The van der Waals surface area contributed by atoms with E-state index in [1.807, 2.05) is 0 Å². The molecule has 1 rings (SSSR count). The van der Waals surface area contributed by atoms with Crippen molar-refractivity contribution in [1.29, 1.82) is 0 Å². The van der Waals surface area contributed by atoms with Crippen LogP contribution >= 0.6 is 0 Å². The summed E-state index contributed by atoms with van der Waals surface area (Å²) in [5.41, 5.74) is 0. The van der Waals surface area contributed by atoms with Crippen LogP contribution < -0.4 is 0 Å². The van der Waals surface area contributed by atoms with Crippen LogP contribution in [0.4, 0.5) is 0 Å². The molecule has 72 valence electrons. The number of hydrogen-bond donors (Lipinski definition) is 0. The first-order valence-electron chi connectivity index (χ1n) is 5.29. The van der Waals surface area contributed by atoms with Crippen LogP contribution in [0.25, 0.3) is 0 Å². The molecule has 0 aliphatic carbocycles. The maximum atomic E-state index is 5.82. The second kappa shape index (κ2) is 4.27. The molecule has 0 aromatic carbocycles. The van der Waals surface area contributed by atoms with Gasteiger partial charge in [-0.25, -0.2) is 0 Å². The van der Waals surface area contributed by atoms with Gasteiger partial charge in [-0.1, -0.05) is 20.8 Å². The molecule has 3 unspecified atom stereocenters. The van der Waals surface area contributed by atoms with E-state index in [-0.39, 0.29) is 0 Å². The molecule has 12 heavy (non-hydrogen) atoms. The van der Waals surface area contributed by atoms with E-state index in [1.54, 1.807) is 0 Å². The zero-order chi connectivity index (χ0) is 9.14. The average molecular weight is 170 g/mol. The predicted molar refractivity (Wildman–Crippen MR) is 52.2 cm³/mol. The van der Waals surface area contributed by atoms with Gasteiger partial charge in [0.2, 0.25) is 0 Å².